The lowest BCUT2D eigenvalue weighted by molar-refractivity contribution is 0.354. The van der Waals surface area contributed by atoms with Gasteiger partial charge in [-0.3, -0.25) is 4.99 Å². The molecule has 2 rings (SSSR count). The molecule has 0 atom stereocenters. The Kier molecular flexibility index (Phi) is 5.83. The van der Waals surface area contributed by atoms with Gasteiger partial charge in [0.25, 0.3) is 0 Å². The molecule has 4 nitrogen and oxygen atoms in total. The first kappa shape index (κ1) is 16.4. The van der Waals surface area contributed by atoms with Gasteiger partial charge in [-0.25, -0.2) is 0 Å². The predicted octanol–water partition coefficient (Wildman–Crippen LogP) is 3.83. The number of para-hydroxylation sites is 1. The number of hydrogen-bond acceptors (Lipinski definition) is 4. The van der Waals surface area contributed by atoms with Gasteiger partial charge in [0.05, 0.1) is 14.2 Å². The number of benzene rings is 2. The van der Waals surface area contributed by atoms with Gasteiger partial charge in [0, 0.05) is 22.8 Å². The monoisotopic (exact) mass is 363 g/mol. The van der Waals surface area contributed by atoms with Gasteiger partial charge in [-0.1, -0.05) is 28.1 Å². The fraction of sp³-hybridized carbons (Fsp3) is 0.235. The summed E-state index contributed by atoms with van der Waals surface area (Å²) < 4.78 is 11.5. The topological polar surface area (TPSA) is 51.0 Å². The van der Waals surface area contributed by atoms with Gasteiger partial charge in [-0.15, -0.1) is 0 Å². The second-order valence-corrected chi connectivity index (χ2v) is 5.50. The molecule has 2 aromatic rings. The van der Waals surface area contributed by atoms with Crippen molar-refractivity contribution in [2.75, 3.05) is 20.8 Å². The second kappa shape index (κ2) is 7.84. The molecule has 0 unspecified atom stereocenters. The first-order chi connectivity index (χ1) is 10.7. The average Bonchev–Trinajstić information content (AvgIpc) is 2.53. The van der Waals surface area contributed by atoms with E-state index in [9.17, 15) is 5.11 Å². The van der Waals surface area contributed by atoms with Crippen molar-refractivity contribution < 1.29 is 14.6 Å². The minimum absolute atomic E-state index is 0.235. The predicted molar refractivity (Wildman–Crippen MR) is 91.5 cm³/mol. The molecule has 0 aliphatic carbocycles. The quantitative estimate of drug-likeness (QED) is 0.793. The summed E-state index contributed by atoms with van der Waals surface area (Å²) in [6, 6.07) is 11.0. The number of nitrogens with zero attached hydrogens (tertiary/aromatic N) is 1. The third-order valence-electron chi connectivity index (χ3n) is 3.23. The number of halogens is 1. The van der Waals surface area contributed by atoms with Gasteiger partial charge < -0.3 is 14.6 Å². The van der Waals surface area contributed by atoms with Gasteiger partial charge in [0.1, 0.15) is 5.75 Å². The molecule has 0 bridgehead atoms. The standard InChI is InChI=1S/C17H18BrNO3/c1-21-16-9-12(14(18)10-17(16)22-2)7-8-19-11-13-5-3-4-6-15(13)20/h3-6,9-11,20H,7-8H2,1-2H3. The SMILES string of the molecule is COc1cc(Br)c(CCN=Cc2ccccc2O)cc1OC. The van der Waals surface area contributed by atoms with E-state index in [4.69, 9.17) is 9.47 Å². The highest BCUT2D eigenvalue weighted by molar-refractivity contribution is 9.10. The number of ether oxygens (including phenoxy) is 2. The molecular weight excluding hydrogens is 346 g/mol. The minimum Gasteiger partial charge on any atom is -0.507 e. The van der Waals surface area contributed by atoms with Crippen molar-refractivity contribution in [2.24, 2.45) is 4.99 Å². The van der Waals surface area contributed by atoms with Gasteiger partial charge >= 0.3 is 0 Å². The van der Waals surface area contributed by atoms with Gasteiger partial charge in [-0.05, 0) is 36.2 Å². The maximum absolute atomic E-state index is 9.67. The molecule has 0 spiro atoms. The van der Waals surface area contributed by atoms with Crippen molar-refractivity contribution in [3.05, 3.63) is 52.0 Å². The van der Waals surface area contributed by atoms with Crippen molar-refractivity contribution in [3.8, 4) is 17.2 Å². The van der Waals surface area contributed by atoms with Crippen LogP contribution in [0.1, 0.15) is 11.1 Å². The smallest absolute Gasteiger partial charge is 0.161 e. The lowest BCUT2D eigenvalue weighted by Crippen LogP contribution is -1.96. The molecule has 0 aromatic heterocycles. The van der Waals surface area contributed by atoms with Crippen molar-refractivity contribution in [1.82, 2.24) is 0 Å². The van der Waals surface area contributed by atoms with E-state index in [1.165, 1.54) is 0 Å². The van der Waals surface area contributed by atoms with Crippen LogP contribution in [0.3, 0.4) is 0 Å². The zero-order chi connectivity index (χ0) is 15.9. The highest BCUT2D eigenvalue weighted by Gasteiger charge is 2.09. The molecule has 0 saturated carbocycles. The molecule has 0 aliphatic rings. The van der Waals surface area contributed by atoms with Crippen LogP contribution in [-0.4, -0.2) is 32.1 Å². The second-order valence-electron chi connectivity index (χ2n) is 4.64. The molecule has 0 fully saturated rings. The lowest BCUT2D eigenvalue weighted by atomic mass is 10.1. The van der Waals surface area contributed by atoms with Crippen molar-refractivity contribution in [3.63, 3.8) is 0 Å². The normalized spacial score (nSPS) is 10.9. The summed E-state index contributed by atoms with van der Waals surface area (Å²) in [6.07, 6.45) is 2.44. The van der Waals surface area contributed by atoms with Crippen LogP contribution in [0.5, 0.6) is 17.2 Å². The van der Waals surface area contributed by atoms with E-state index in [-0.39, 0.29) is 5.75 Å². The van der Waals surface area contributed by atoms with E-state index >= 15 is 0 Å². The molecule has 0 aliphatic heterocycles. The van der Waals surface area contributed by atoms with Crippen LogP contribution in [-0.2, 0) is 6.42 Å². The average molecular weight is 364 g/mol. The van der Waals surface area contributed by atoms with Crippen LogP contribution in [0.15, 0.2) is 45.9 Å². The molecule has 2 aromatic carbocycles. The van der Waals surface area contributed by atoms with E-state index in [0.29, 0.717) is 23.6 Å². The summed E-state index contributed by atoms with van der Waals surface area (Å²) in [5.41, 5.74) is 1.81. The fourth-order valence-electron chi connectivity index (χ4n) is 2.03. The first-order valence-corrected chi connectivity index (χ1v) is 7.63. The number of rotatable bonds is 6. The third kappa shape index (κ3) is 4.01. The molecule has 0 saturated heterocycles. The summed E-state index contributed by atoms with van der Waals surface area (Å²) in [5, 5.41) is 9.67. The summed E-state index contributed by atoms with van der Waals surface area (Å²) >= 11 is 3.53. The zero-order valence-corrected chi connectivity index (χ0v) is 14.1. The number of phenolic OH excluding ortho intramolecular Hbond substituents is 1. The van der Waals surface area contributed by atoms with Crippen LogP contribution in [0.25, 0.3) is 0 Å². The fourth-order valence-corrected chi connectivity index (χ4v) is 2.55. The Hall–Kier alpha value is -2.01. The number of phenols is 1. The largest absolute Gasteiger partial charge is 0.507 e. The van der Waals surface area contributed by atoms with Gasteiger partial charge in [0.2, 0.25) is 0 Å². The van der Waals surface area contributed by atoms with E-state index in [1.54, 1.807) is 32.6 Å². The first-order valence-electron chi connectivity index (χ1n) is 6.84. The van der Waals surface area contributed by atoms with Crippen LogP contribution < -0.4 is 9.47 Å². The van der Waals surface area contributed by atoms with E-state index in [1.807, 2.05) is 24.3 Å². The van der Waals surface area contributed by atoms with Crippen molar-refractivity contribution in [2.45, 2.75) is 6.42 Å². The summed E-state index contributed by atoms with van der Waals surface area (Å²) in [4.78, 5) is 4.36. The molecule has 0 heterocycles. The Morgan fingerprint density at radius 1 is 1.14 bits per heavy atom. The van der Waals surface area contributed by atoms with Crippen LogP contribution in [0.2, 0.25) is 0 Å². The highest BCUT2D eigenvalue weighted by atomic mass is 79.9. The van der Waals surface area contributed by atoms with E-state index in [2.05, 4.69) is 20.9 Å². The van der Waals surface area contributed by atoms with Crippen molar-refractivity contribution in [1.29, 1.82) is 0 Å². The molecule has 0 radical (unpaired) electrons. The third-order valence-corrected chi connectivity index (χ3v) is 3.97. The van der Waals surface area contributed by atoms with Gasteiger partial charge in [-0.2, -0.15) is 0 Å². The number of hydrogen-bond donors (Lipinski definition) is 1. The molecule has 0 amide bonds. The Balaban J connectivity index is 2.04. The Labute approximate surface area is 138 Å². The van der Waals surface area contributed by atoms with Crippen molar-refractivity contribution >= 4 is 22.1 Å². The summed E-state index contributed by atoms with van der Waals surface area (Å²) in [5.74, 6) is 1.62. The Morgan fingerprint density at radius 2 is 1.82 bits per heavy atom. The molecule has 116 valence electrons. The van der Waals surface area contributed by atoms with E-state index in [0.717, 1.165) is 16.5 Å². The van der Waals surface area contributed by atoms with Crippen LogP contribution in [0.4, 0.5) is 0 Å². The zero-order valence-electron chi connectivity index (χ0n) is 12.5. The molecule has 5 heteroatoms. The number of aliphatic imine (C=N–C) groups is 1. The Morgan fingerprint density at radius 3 is 2.50 bits per heavy atom. The Bertz CT molecular complexity index is 671. The highest BCUT2D eigenvalue weighted by Crippen LogP contribution is 2.33. The summed E-state index contributed by atoms with van der Waals surface area (Å²) in [6.45, 7) is 0.614. The minimum atomic E-state index is 0.235. The van der Waals surface area contributed by atoms with Gasteiger partial charge in [0.15, 0.2) is 11.5 Å². The molecule has 1 N–H and O–H groups in total. The maximum atomic E-state index is 9.67. The van der Waals surface area contributed by atoms with E-state index < -0.39 is 0 Å². The maximum Gasteiger partial charge on any atom is 0.161 e. The van der Waals surface area contributed by atoms with Crippen LogP contribution in [0, 0.1) is 0 Å². The number of methoxy groups -OCH3 is 2. The molecule has 22 heavy (non-hydrogen) atoms. The molecular formula is C17H18BrNO3. The number of aromatic hydroxyl groups is 1. The summed E-state index contributed by atoms with van der Waals surface area (Å²) in [7, 11) is 3.23. The van der Waals surface area contributed by atoms with Crippen LogP contribution >= 0.6 is 15.9 Å². The lowest BCUT2D eigenvalue weighted by Gasteiger charge is -2.11.